The lowest BCUT2D eigenvalue weighted by molar-refractivity contribution is 0.141. The third kappa shape index (κ3) is 5.16. The number of aromatic nitrogens is 2. The minimum Gasteiger partial charge on any atom is -0.395 e. The zero-order valence-electron chi connectivity index (χ0n) is 21.3. The molecule has 1 aromatic heterocycles. The zero-order chi connectivity index (χ0) is 26.1. The van der Waals surface area contributed by atoms with Crippen LogP contribution in [0.5, 0.6) is 0 Å². The summed E-state index contributed by atoms with van der Waals surface area (Å²) >= 11 is 0. The third-order valence-electron chi connectivity index (χ3n) is 6.73. The van der Waals surface area contributed by atoms with Gasteiger partial charge in [0, 0.05) is 18.5 Å². The van der Waals surface area contributed by atoms with Gasteiger partial charge in [0.15, 0.2) is 0 Å². The lowest BCUT2D eigenvalue weighted by atomic mass is 9.78. The smallest absolute Gasteiger partial charge is 0.243 e. The van der Waals surface area contributed by atoms with Crippen LogP contribution in [0.4, 0.5) is 4.39 Å². The molecule has 6 nitrogen and oxygen atoms in total. The standard InChI is InChI=1S/C28H34FN3O3S/c1-5-16-31(36(34,35)25-12-6-22(7-13-25)27(2,3)4)19-28(20-33)15-14-26-21(17-28)18-30-32(26)24-10-8-23(29)9-11-24/h6-15,18,33H,5,16-17,19-20H2,1-4H3/t28-/m0/s1. The van der Waals surface area contributed by atoms with Gasteiger partial charge in [0.25, 0.3) is 0 Å². The van der Waals surface area contributed by atoms with Gasteiger partial charge in [0.1, 0.15) is 5.82 Å². The topological polar surface area (TPSA) is 75.4 Å². The fourth-order valence-corrected chi connectivity index (χ4v) is 6.24. The van der Waals surface area contributed by atoms with Gasteiger partial charge in [-0.2, -0.15) is 9.40 Å². The van der Waals surface area contributed by atoms with Gasteiger partial charge in [0.05, 0.1) is 29.1 Å². The van der Waals surface area contributed by atoms with Gasteiger partial charge >= 0.3 is 0 Å². The Balaban J connectivity index is 1.62. The second kappa shape index (κ2) is 9.92. The quantitative estimate of drug-likeness (QED) is 0.464. The van der Waals surface area contributed by atoms with Crippen molar-refractivity contribution in [3.63, 3.8) is 0 Å². The Morgan fingerprint density at radius 2 is 1.78 bits per heavy atom. The molecule has 0 saturated heterocycles. The number of aliphatic hydroxyl groups is 1. The normalized spacial score (nSPS) is 18.0. The molecule has 192 valence electrons. The highest BCUT2D eigenvalue weighted by Crippen LogP contribution is 2.36. The van der Waals surface area contributed by atoms with Crippen LogP contribution < -0.4 is 0 Å². The summed E-state index contributed by atoms with van der Waals surface area (Å²) in [5, 5.41) is 14.9. The van der Waals surface area contributed by atoms with E-state index in [1.165, 1.54) is 16.4 Å². The van der Waals surface area contributed by atoms with Crippen molar-refractivity contribution in [3.8, 4) is 5.69 Å². The van der Waals surface area contributed by atoms with Crippen LogP contribution in [0.2, 0.25) is 0 Å². The lowest BCUT2D eigenvalue weighted by Crippen LogP contribution is -2.44. The summed E-state index contributed by atoms with van der Waals surface area (Å²) in [4.78, 5) is 0.252. The molecular weight excluding hydrogens is 477 g/mol. The fourth-order valence-electron chi connectivity index (χ4n) is 4.62. The monoisotopic (exact) mass is 511 g/mol. The molecule has 1 atom stereocenters. The molecule has 0 radical (unpaired) electrons. The van der Waals surface area contributed by atoms with Crippen molar-refractivity contribution in [3.05, 3.63) is 83.4 Å². The Morgan fingerprint density at radius 3 is 2.36 bits per heavy atom. The molecule has 2 aromatic carbocycles. The summed E-state index contributed by atoms with van der Waals surface area (Å²) in [6.45, 7) is 8.51. The minimum atomic E-state index is -3.76. The van der Waals surface area contributed by atoms with Gasteiger partial charge in [-0.3, -0.25) is 0 Å². The summed E-state index contributed by atoms with van der Waals surface area (Å²) < 4.78 is 43.9. The second-order valence-corrected chi connectivity index (χ2v) is 12.5. The Labute approximate surface area is 213 Å². The van der Waals surface area contributed by atoms with E-state index in [1.807, 2.05) is 31.2 Å². The highest BCUT2D eigenvalue weighted by Gasteiger charge is 2.38. The number of hydrogen-bond donors (Lipinski definition) is 1. The number of sulfonamides is 1. The summed E-state index contributed by atoms with van der Waals surface area (Å²) in [5.74, 6) is -0.320. The lowest BCUT2D eigenvalue weighted by Gasteiger charge is -2.36. The first kappa shape index (κ1) is 26.3. The summed E-state index contributed by atoms with van der Waals surface area (Å²) in [5.41, 5.74) is 2.68. The average molecular weight is 512 g/mol. The van der Waals surface area contributed by atoms with Crippen molar-refractivity contribution in [2.45, 2.75) is 50.8 Å². The Morgan fingerprint density at radius 1 is 1.11 bits per heavy atom. The molecule has 0 aliphatic heterocycles. The fraction of sp³-hybridized carbons (Fsp3) is 0.393. The first-order chi connectivity index (χ1) is 17.0. The Bertz CT molecular complexity index is 1340. The van der Waals surface area contributed by atoms with Crippen molar-refractivity contribution in [2.24, 2.45) is 5.41 Å². The van der Waals surface area contributed by atoms with Crippen LogP contribution in [-0.2, 0) is 21.9 Å². The number of hydrogen-bond acceptors (Lipinski definition) is 4. The largest absolute Gasteiger partial charge is 0.395 e. The van der Waals surface area contributed by atoms with E-state index < -0.39 is 15.4 Å². The van der Waals surface area contributed by atoms with Crippen LogP contribution in [0.15, 0.2) is 65.7 Å². The van der Waals surface area contributed by atoms with Gasteiger partial charge in [-0.25, -0.2) is 17.5 Å². The SMILES string of the molecule is CCCN(C[C@]1(CO)C=Cc2c(cnn2-c2ccc(F)cc2)C1)S(=O)(=O)c1ccc(C(C)(C)C)cc1. The molecule has 1 heterocycles. The number of aliphatic hydroxyl groups excluding tert-OH is 1. The molecule has 0 fully saturated rings. The maximum absolute atomic E-state index is 13.7. The first-order valence-corrected chi connectivity index (χ1v) is 13.7. The van der Waals surface area contributed by atoms with Crippen molar-refractivity contribution >= 4 is 16.1 Å². The summed E-state index contributed by atoms with van der Waals surface area (Å²) in [6, 6.07) is 13.2. The maximum Gasteiger partial charge on any atom is 0.243 e. The number of halogens is 1. The van der Waals surface area contributed by atoms with E-state index in [9.17, 15) is 17.9 Å². The number of fused-ring (bicyclic) bond motifs is 1. The van der Waals surface area contributed by atoms with Crippen LogP contribution in [0.25, 0.3) is 11.8 Å². The molecule has 8 heteroatoms. The molecule has 0 spiro atoms. The van der Waals surface area contributed by atoms with Gasteiger partial charge in [-0.1, -0.05) is 45.9 Å². The molecule has 3 aromatic rings. The zero-order valence-corrected chi connectivity index (χ0v) is 22.1. The second-order valence-electron chi connectivity index (χ2n) is 10.6. The maximum atomic E-state index is 13.7. The van der Waals surface area contributed by atoms with E-state index in [0.29, 0.717) is 19.4 Å². The van der Waals surface area contributed by atoms with E-state index in [-0.39, 0.29) is 29.3 Å². The third-order valence-corrected chi connectivity index (χ3v) is 8.59. The summed E-state index contributed by atoms with van der Waals surface area (Å²) in [6.07, 6.45) is 6.59. The minimum absolute atomic E-state index is 0.0741. The average Bonchev–Trinajstić information content (AvgIpc) is 3.26. The molecule has 4 rings (SSSR count). The van der Waals surface area contributed by atoms with Gasteiger partial charge in [-0.05, 0) is 71.9 Å². The van der Waals surface area contributed by atoms with Gasteiger partial charge < -0.3 is 5.11 Å². The van der Waals surface area contributed by atoms with E-state index in [0.717, 1.165) is 22.5 Å². The highest BCUT2D eigenvalue weighted by atomic mass is 32.2. The first-order valence-electron chi connectivity index (χ1n) is 12.2. The van der Waals surface area contributed by atoms with Gasteiger partial charge in [-0.15, -0.1) is 0 Å². The molecule has 0 amide bonds. The predicted molar refractivity (Wildman–Crippen MR) is 140 cm³/mol. The number of nitrogens with zero attached hydrogens (tertiary/aromatic N) is 3. The molecule has 36 heavy (non-hydrogen) atoms. The van der Waals surface area contributed by atoms with Crippen molar-refractivity contribution < 1.29 is 17.9 Å². The van der Waals surface area contributed by atoms with Crippen molar-refractivity contribution in [1.29, 1.82) is 0 Å². The van der Waals surface area contributed by atoms with Crippen LogP contribution in [0.3, 0.4) is 0 Å². The van der Waals surface area contributed by atoms with E-state index in [1.54, 1.807) is 35.1 Å². The molecule has 0 unspecified atom stereocenters. The summed E-state index contributed by atoms with van der Waals surface area (Å²) in [7, 11) is -3.76. The molecule has 1 N–H and O–H groups in total. The van der Waals surface area contributed by atoms with E-state index in [2.05, 4.69) is 25.9 Å². The Hall–Kier alpha value is -2.81. The van der Waals surface area contributed by atoms with Crippen LogP contribution in [-0.4, -0.2) is 47.3 Å². The highest BCUT2D eigenvalue weighted by molar-refractivity contribution is 7.89. The molecule has 1 aliphatic rings. The van der Waals surface area contributed by atoms with Crippen LogP contribution in [0, 0.1) is 11.2 Å². The molecule has 0 bridgehead atoms. The van der Waals surface area contributed by atoms with Crippen LogP contribution >= 0.6 is 0 Å². The van der Waals surface area contributed by atoms with E-state index >= 15 is 0 Å². The predicted octanol–water partition coefficient (Wildman–Crippen LogP) is 4.96. The molecule has 1 aliphatic carbocycles. The molecular formula is C28H34FN3O3S. The number of rotatable bonds is 8. The molecule has 0 saturated carbocycles. The van der Waals surface area contributed by atoms with Crippen LogP contribution in [0.1, 0.15) is 50.9 Å². The number of benzene rings is 2. The van der Waals surface area contributed by atoms with Crippen molar-refractivity contribution in [2.75, 3.05) is 19.7 Å². The van der Waals surface area contributed by atoms with E-state index in [4.69, 9.17) is 0 Å². The van der Waals surface area contributed by atoms with Gasteiger partial charge in [0.2, 0.25) is 10.0 Å². The van der Waals surface area contributed by atoms with Crippen molar-refractivity contribution in [1.82, 2.24) is 14.1 Å². The Kier molecular flexibility index (Phi) is 7.23.